The number of anilines is 1. The van der Waals surface area contributed by atoms with E-state index in [1.807, 2.05) is 54.6 Å². The van der Waals surface area contributed by atoms with Gasteiger partial charge in [0.15, 0.2) is 0 Å². The number of hydrogen-bond acceptors (Lipinski definition) is 2. The van der Waals surface area contributed by atoms with Crippen molar-refractivity contribution in [3.05, 3.63) is 112 Å². The summed E-state index contributed by atoms with van der Waals surface area (Å²) in [5, 5.41) is 0. The van der Waals surface area contributed by atoms with Gasteiger partial charge < -0.3 is 0 Å². The molecule has 0 fully saturated rings. The topological polar surface area (TPSA) is 48.2 Å². The zero-order chi connectivity index (χ0) is 20.9. The van der Waals surface area contributed by atoms with Gasteiger partial charge in [0.25, 0.3) is 0 Å². The summed E-state index contributed by atoms with van der Waals surface area (Å²) in [6.45, 7) is 1.26. The van der Waals surface area contributed by atoms with E-state index in [-0.39, 0.29) is 0 Å². The number of aromatic nitrogens is 2. The van der Waals surface area contributed by atoms with Crippen molar-refractivity contribution in [1.82, 2.24) is 9.13 Å². The molecular weight excluding hydrogens is 502 g/mol. The Bertz CT molecular complexity index is 1210. The maximum atomic E-state index is 6.68. The summed E-state index contributed by atoms with van der Waals surface area (Å²) in [6.07, 6.45) is 0. The van der Waals surface area contributed by atoms with Crippen LogP contribution in [-0.2, 0) is 13.1 Å². The second-order valence-corrected chi connectivity index (χ2v) is 8.44. The molecule has 0 aliphatic heterocycles. The van der Waals surface area contributed by atoms with Crippen molar-refractivity contribution in [2.24, 2.45) is 4.99 Å². The van der Waals surface area contributed by atoms with Crippen molar-refractivity contribution in [3.8, 4) is 5.69 Å². The Balaban J connectivity index is 1.81. The van der Waals surface area contributed by atoms with Crippen molar-refractivity contribution in [1.29, 1.82) is 0 Å². The van der Waals surface area contributed by atoms with Gasteiger partial charge in [-0.1, -0.05) is 0 Å². The van der Waals surface area contributed by atoms with Crippen LogP contribution >= 0.6 is 0 Å². The van der Waals surface area contributed by atoms with Gasteiger partial charge >= 0.3 is 193 Å². The average molecular weight is 523 g/mol. The fourth-order valence-electron chi connectivity index (χ4n) is 3.32. The van der Waals surface area contributed by atoms with E-state index in [2.05, 4.69) is 77.1 Å². The molecule has 3 aromatic carbocycles. The van der Waals surface area contributed by atoms with Gasteiger partial charge in [-0.3, -0.25) is 0 Å². The first kappa shape index (κ1) is 20.6. The molecule has 0 aliphatic rings. The first-order valence-electron chi connectivity index (χ1n) is 9.61. The fraction of sp³-hybridized carbons (Fsp3) is 0.0833. The molecule has 1 radical (unpaired) electrons. The Morgan fingerprint density at radius 1 is 0.800 bits per heavy atom. The summed E-state index contributed by atoms with van der Waals surface area (Å²) in [4.78, 5) is 4.81. The van der Waals surface area contributed by atoms with Crippen LogP contribution in [-0.4, -0.2) is 45.3 Å². The normalized spacial score (nSPS) is 11.5. The van der Waals surface area contributed by atoms with Gasteiger partial charge in [-0.15, -0.1) is 0 Å². The van der Waals surface area contributed by atoms with Crippen molar-refractivity contribution in [2.45, 2.75) is 13.1 Å². The van der Waals surface area contributed by atoms with E-state index in [9.17, 15) is 0 Å². The van der Waals surface area contributed by atoms with Gasteiger partial charge in [0.1, 0.15) is 0 Å². The van der Waals surface area contributed by atoms with Gasteiger partial charge in [0.2, 0.25) is 0 Å². The van der Waals surface area contributed by atoms with E-state index >= 15 is 0 Å². The molecule has 0 saturated heterocycles. The monoisotopic (exact) mass is 525 g/mol. The third-order valence-electron chi connectivity index (χ3n) is 4.83. The predicted molar refractivity (Wildman–Crippen MR) is 125 cm³/mol. The third kappa shape index (κ3) is 4.43. The first-order valence-corrected chi connectivity index (χ1v) is 11.3. The van der Waals surface area contributed by atoms with E-state index in [0.717, 1.165) is 25.9 Å². The second-order valence-electron chi connectivity index (χ2n) is 6.87. The number of rotatable bonds is 6. The number of hydrogen-bond donors (Lipinski definition) is 1. The van der Waals surface area contributed by atoms with E-state index in [0.29, 0.717) is 18.9 Å². The molecule has 0 bridgehead atoms. The molecule has 4 nitrogen and oxygen atoms in total. The van der Waals surface area contributed by atoms with Crippen molar-refractivity contribution < 1.29 is 0 Å². The van der Waals surface area contributed by atoms with Crippen LogP contribution in [0.15, 0.2) is 96.0 Å². The molecule has 2 N–H and O–H groups in total. The third-order valence-corrected chi connectivity index (χ3v) is 6.35. The van der Waals surface area contributed by atoms with Crippen LogP contribution in [0.2, 0.25) is 0 Å². The van der Waals surface area contributed by atoms with Crippen molar-refractivity contribution >= 4 is 42.0 Å². The van der Waals surface area contributed by atoms with Gasteiger partial charge in [-0.2, -0.15) is 0 Å². The Morgan fingerprint density at radius 2 is 1.33 bits per heavy atom. The Labute approximate surface area is 192 Å². The molecule has 1 aromatic heterocycles. The Kier molecular flexibility index (Phi) is 6.51. The van der Waals surface area contributed by atoms with Crippen LogP contribution in [0.4, 0.5) is 5.82 Å². The minimum absolute atomic E-state index is 0.587. The zero-order valence-electron chi connectivity index (χ0n) is 16.3. The van der Waals surface area contributed by atoms with Crippen LogP contribution in [0.25, 0.3) is 5.69 Å². The van der Waals surface area contributed by atoms with Gasteiger partial charge in [-0.05, 0) is 0 Å². The van der Waals surface area contributed by atoms with Gasteiger partial charge in [0, 0.05) is 0 Å². The second kappa shape index (κ2) is 9.46. The fourth-order valence-corrected chi connectivity index (χ4v) is 4.62. The van der Waals surface area contributed by atoms with Gasteiger partial charge in [-0.25, -0.2) is 0 Å². The molecule has 6 heteroatoms. The number of nitrogens with two attached hydrogens (primary N) is 1. The summed E-state index contributed by atoms with van der Waals surface area (Å²) < 4.78 is 5.93. The number of benzene rings is 3. The quantitative estimate of drug-likeness (QED) is 0.304. The number of imidazole rings is 1. The molecular formula is C24H21N4Se2. The minimum atomic E-state index is 0.587. The summed E-state index contributed by atoms with van der Waals surface area (Å²) in [5.41, 5.74) is 10.9. The van der Waals surface area contributed by atoms with Crippen LogP contribution in [0.5, 0.6) is 0 Å². The SMILES string of the molecule is Nc1c(C([Se])=NCc2ccccc2)n(-c2ccccc2)c(=[Se])n1Cc1ccccc1. The zero-order valence-corrected chi connectivity index (χ0v) is 19.7. The van der Waals surface area contributed by atoms with Crippen LogP contribution in [0.1, 0.15) is 16.8 Å². The van der Waals surface area contributed by atoms with Crippen LogP contribution < -0.4 is 5.73 Å². The van der Waals surface area contributed by atoms with E-state index in [1.165, 1.54) is 5.56 Å². The standard InChI is InChI=1S/C24H21N4Se2/c25-22-21(23(29)26-16-18-10-4-1-5-11-18)28(20-14-8-3-9-15-20)24(30)27(22)17-19-12-6-2-7-13-19/h1-15H,16-17,25H2. The van der Waals surface area contributed by atoms with Crippen LogP contribution in [0.3, 0.4) is 0 Å². The number of nitrogens with zero attached hydrogens (tertiary/aromatic N) is 3. The maximum absolute atomic E-state index is 6.68. The van der Waals surface area contributed by atoms with Crippen molar-refractivity contribution in [2.75, 3.05) is 5.73 Å². The molecule has 30 heavy (non-hydrogen) atoms. The number of nitrogen functional groups attached to an aromatic ring is 1. The molecule has 4 aromatic rings. The molecule has 149 valence electrons. The van der Waals surface area contributed by atoms with Crippen LogP contribution in [0, 0.1) is 4.32 Å². The average Bonchev–Trinajstić information content (AvgIpc) is 3.04. The van der Waals surface area contributed by atoms with E-state index in [4.69, 9.17) is 10.7 Å². The summed E-state index contributed by atoms with van der Waals surface area (Å²) in [7, 11) is 0. The number of para-hydroxylation sites is 1. The molecule has 0 spiro atoms. The van der Waals surface area contributed by atoms with Gasteiger partial charge in [0.05, 0.1) is 0 Å². The Hall–Kier alpha value is -2.62. The molecule has 1 heterocycles. The molecule has 0 unspecified atom stereocenters. The first-order chi connectivity index (χ1) is 14.6. The predicted octanol–water partition coefficient (Wildman–Crippen LogP) is 3.73. The Morgan fingerprint density at radius 3 is 1.93 bits per heavy atom. The molecule has 0 amide bonds. The summed E-state index contributed by atoms with van der Waals surface area (Å²) in [5.74, 6) is 0.669. The van der Waals surface area contributed by atoms with E-state index < -0.39 is 0 Å². The molecule has 0 atom stereocenters. The summed E-state index contributed by atoms with van der Waals surface area (Å²) in [6, 6.07) is 30.7. The molecule has 4 rings (SSSR count). The molecule has 0 aliphatic carbocycles. The van der Waals surface area contributed by atoms with Crippen molar-refractivity contribution in [3.63, 3.8) is 0 Å². The summed E-state index contributed by atoms with van der Waals surface area (Å²) >= 11 is 6.37. The number of aliphatic imine (C=N–C) groups is 1. The molecule has 0 saturated carbocycles. The van der Waals surface area contributed by atoms with E-state index in [1.54, 1.807) is 0 Å².